The van der Waals surface area contributed by atoms with Crippen LogP contribution in [0.3, 0.4) is 0 Å². The van der Waals surface area contributed by atoms with E-state index in [0.717, 1.165) is 25.4 Å². The molecule has 0 saturated carbocycles. The summed E-state index contributed by atoms with van der Waals surface area (Å²) in [6, 6.07) is 6.70. The van der Waals surface area contributed by atoms with Gasteiger partial charge in [-0.3, -0.25) is 14.8 Å². The number of methoxy groups -OCH3 is 1. The van der Waals surface area contributed by atoms with Crippen LogP contribution in [0, 0.1) is 5.41 Å². The molecule has 1 spiro atoms. The van der Waals surface area contributed by atoms with Crippen molar-refractivity contribution in [2.75, 3.05) is 33.4 Å². The number of hydrogen-bond acceptors (Lipinski definition) is 9. The van der Waals surface area contributed by atoms with Gasteiger partial charge < -0.3 is 20.1 Å². The monoisotopic (exact) mass is 714 g/mol. The van der Waals surface area contributed by atoms with E-state index < -0.39 is 36.4 Å². The fourth-order valence-corrected chi connectivity index (χ4v) is 5.22. The predicted octanol–water partition coefficient (Wildman–Crippen LogP) is 4.94. The number of thiazole rings is 1. The van der Waals surface area contributed by atoms with Crippen molar-refractivity contribution in [3.05, 3.63) is 46.7 Å². The Morgan fingerprint density at radius 2 is 1.38 bits per heavy atom. The number of aromatic nitrogens is 2. The largest absolute Gasteiger partial charge is 0.490 e. The van der Waals surface area contributed by atoms with Crippen molar-refractivity contribution < 1.29 is 74.0 Å². The summed E-state index contributed by atoms with van der Waals surface area (Å²) in [7, 11) is 1.82. The van der Waals surface area contributed by atoms with E-state index in [4.69, 9.17) is 34.4 Å². The van der Waals surface area contributed by atoms with E-state index in [1.807, 2.05) is 25.6 Å². The zero-order valence-electron chi connectivity index (χ0n) is 24.5. The molecule has 0 radical (unpaired) electrons. The number of alkyl halides is 9. The third-order valence-corrected chi connectivity index (χ3v) is 7.42. The second kappa shape index (κ2) is 18.1. The lowest BCUT2D eigenvalue weighted by Gasteiger charge is -2.39. The number of nitrogens with zero attached hydrogens (tertiary/aromatic N) is 4. The Balaban J connectivity index is 0.000000430. The Morgan fingerprint density at radius 1 is 0.872 bits per heavy atom. The number of carboxylic acids is 3. The lowest BCUT2D eigenvalue weighted by molar-refractivity contribution is -0.193. The van der Waals surface area contributed by atoms with E-state index in [-0.39, 0.29) is 0 Å². The van der Waals surface area contributed by atoms with Gasteiger partial charge in [-0.05, 0) is 49.9 Å². The molecule has 266 valence electrons. The van der Waals surface area contributed by atoms with Gasteiger partial charge in [-0.2, -0.15) is 39.5 Å². The molecule has 2 aromatic rings. The highest BCUT2D eigenvalue weighted by molar-refractivity contribution is 7.09. The van der Waals surface area contributed by atoms with Crippen LogP contribution < -0.4 is 0 Å². The number of aliphatic carboxylic acids is 3. The van der Waals surface area contributed by atoms with Gasteiger partial charge in [0.2, 0.25) is 0 Å². The first-order valence-corrected chi connectivity index (χ1v) is 14.1. The second-order valence-electron chi connectivity index (χ2n) is 10.2. The molecular formula is C26H31F9N4O7S. The van der Waals surface area contributed by atoms with Crippen molar-refractivity contribution in [2.45, 2.75) is 56.9 Å². The molecule has 1 atom stereocenters. The minimum atomic E-state index is -5.08. The lowest BCUT2D eigenvalue weighted by atomic mass is 9.76. The Kier molecular flexibility index (Phi) is 16.0. The molecule has 2 aromatic heterocycles. The average Bonchev–Trinajstić information content (AvgIpc) is 3.58. The quantitative estimate of drug-likeness (QED) is 0.349. The van der Waals surface area contributed by atoms with Gasteiger partial charge in [0.1, 0.15) is 5.01 Å². The first kappa shape index (κ1) is 41.5. The number of carbonyl (C=O) groups is 3. The van der Waals surface area contributed by atoms with Crippen LogP contribution in [0.1, 0.15) is 30.0 Å². The van der Waals surface area contributed by atoms with E-state index in [1.165, 1.54) is 43.9 Å². The fraction of sp³-hybridized carbons (Fsp3) is 0.577. The molecule has 2 saturated heterocycles. The summed E-state index contributed by atoms with van der Waals surface area (Å²) < 4.78 is 101. The molecule has 0 aromatic carbocycles. The van der Waals surface area contributed by atoms with Gasteiger partial charge in [-0.1, -0.05) is 6.07 Å². The maximum absolute atomic E-state index is 10.6. The number of pyridine rings is 1. The van der Waals surface area contributed by atoms with Gasteiger partial charge in [0.25, 0.3) is 0 Å². The predicted molar refractivity (Wildman–Crippen MR) is 145 cm³/mol. The van der Waals surface area contributed by atoms with Gasteiger partial charge >= 0.3 is 36.4 Å². The van der Waals surface area contributed by atoms with Crippen LogP contribution in [0.2, 0.25) is 0 Å². The van der Waals surface area contributed by atoms with Crippen LogP contribution in [-0.4, -0.2) is 111 Å². The summed E-state index contributed by atoms with van der Waals surface area (Å²) >= 11 is 1.76. The van der Waals surface area contributed by atoms with Crippen molar-refractivity contribution in [1.82, 2.24) is 19.8 Å². The number of halogens is 9. The Bertz CT molecular complexity index is 1180. The summed E-state index contributed by atoms with van der Waals surface area (Å²) in [5.41, 5.74) is 1.60. The summed E-state index contributed by atoms with van der Waals surface area (Å²) in [5, 5.41) is 24.7. The Morgan fingerprint density at radius 3 is 1.77 bits per heavy atom. The van der Waals surface area contributed by atoms with Gasteiger partial charge in [-0.15, -0.1) is 11.3 Å². The Hall–Kier alpha value is -3.56. The molecular weight excluding hydrogens is 683 g/mol. The highest BCUT2D eigenvalue weighted by atomic mass is 32.1. The van der Waals surface area contributed by atoms with Gasteiger partial charge in [0.15, 0.2) is 0 Å². The standard InChI is InChI=1S/C20H28N4OS.3C2HF3O2/c1-25-15-18-12-20(16-24(18)13-17-4-2-3-7-21-17)5-9-23(10-6-20)14-19-22-8-11-26-19;3*3-2(4,5)1(6)7/h2-4,7-8,11,18H,5-6,9-10,12-16H2,1H3;3*(H,6,7). The normalized spacial score (nSPS) is 18.1. The lowest BCUT2D eigenvalue weighted by Crippen LogP contribution is -2.41. The van der Waals surface area contributed by atoms with Crippen molar-refractivity contribution in [2.24, 2.45) is 5.41 Å². The van der Waals surface area contributed by atoms with Crippen LogP contribution in [0.25, 0.3) is 0 Å². The number of ether oxygens (including phenoxy) is 1. The number of likely N-dealkylation sites (tertiary alicyclic amines) is 2. The van der Waals surface area contributed by atoms with Crippen LogP contribution in [0.15, 0.2) is 36.0 Å². The minimum Gasteiger partial charge on any atom is -0.475 e. The maximum atomic E-state index is 10.6. The molecule has 0 bridgehead atoms. The number of carboxylic acid groups (broad SMARTS) is 3. The number of rotatable bonds is 6. The van der Waals surface area contributed by atoms with Gasteiger partial charge in [0.05, 0.1) is 18.8 Å². The molecule has 4 heterocycles. The summed E-state index contributed by atoms with van der Waals surface area (Å²) in [6.07, 6.45) is -7.65. The molecule has 0 aliphatic carbocycles. The number of hydrogen-bond donors (Lipinski definition) is 3. The minimum absolute atomic E-state index is 0.442. The van der Waals surface area contributed by atoms with Crippen molar-refractivity contribution >= 4 is 29.2 Å². The highest BCUT2D eigenvalue weighted by Gasteiger charge is 2.45. The zero-order valence-corrected chi connectivity index (χ0v) is 25.3. The molecule has 2 aliphatic heterocycles. The molecule has 4 rings (SSSR count). The molecule has 1 unspecified atom stereocenters. The maximum Gasteiger partial charge on any atom is 0.490 e. The molecule has 2 fully saturated rings. The van der Waals surface area contributed by atoms with E-state index in [1.54, 1.807) is 11.3 Å². The smallest absolute Gasteiger partial charge is 0.475 e. The first-order chi connectivity index (χ1) is 21.6. The fourth-order valence-electron chi connectivity index (χ4n) is 4.56. The molecule has 0 amide bonds. The van der Waals surface area contributed by atoms with E-state index in [9.17, 15) is 39.5 Å². The Labute approximate surface area is 265 Å². The molecule has 21 heteroatoms. The van der Waals surface area contributed by atoms with Gasteiger partial charge in [-0.25, -0.2) is 19.4 Å². The van der Waals surface area contributed by atoms with Crippen molar-refractivity contribution in [3.8, 4) is 0 Å². The van der Waals surface area contributed by atoms with Crippen LogP contribution in [0.4, 0.5) is 39.5 Å². The summed E-state index contributed by atoms with van der Waals surface area (Å²) in [6.45, 7) is 6.28. The topological polar surface area (TPSA) is 153 Å². The first-order valence-electron chi connectivity index (χ1n) is 13.2. The SMILES string of the molecule is COCC1CC2(CCN(Cc3nccs3)CC2)CN1Cc1ccccn1.O=C(O)C(F)(F)F.O=C(O)C(F)(F)F.O=C(O)C(F)(F)F. The van der Waals surface area contributed by atoms with Crippen molar-refractivity contribution in [3.63, 3.8) is 0 Å². The van der Waals surface area contributed by atoms with Crippen LogP contribution >= 0.6 is 11.3 Å². The van der Waals surface area contributed by atoms with E-state index in [0.29, 0.717) is 11.5 Å². The van der Waals surface area contributed by atoms with E-state index >= 15 is 0 Å². The third kappa shape index (κ3) is 15.7. The second-order valence-corrected chi connectivity index (χ2v) is 11.1. The highest BCUT2D eigenvalue weighted by Crippen LogP contribution is 2.44. The molecule has 47 heavy (non-hydrogen) atoms. The third-order valence-electron chi connectivity index (χ3n) is 6.66. The average molecular weight is 715 g/mol. The molecule has 2 aliphatic rings. The molecule has 3 N–H and O–H groups in total. The number of piperidine rings is 1. The van der Waals surface area contributed by atoms with Crippen LogP contribution in [-0.2, 0) is 32.2 Å². The molecule has 11 nitrogen and oxygen atoms in total. The zero-order chi connectivity index (χ0) is 36.1. The van der Waals surface area contributed by atoms with Crippen LogP contribution in [0.5, 0.6) is 0 Å². The van der Waals surface area contributed by atoms with Gasteiger partial charge in [0, 0.05) is 44.0 Å². The summed E-state index contributed by atoms with van der Waals surface area (Å²) in [5.74, 6) is -8.27. The van der Waals surface area contributed by atoms with E-state index in [2.05, 4.69) is 37.3 Å². The summed E-state index contributed by atoms with van der Waals surface area (Å²) in [4.78, 5) is 40.8. The van der Waals surface area contributed by atoms with Crippen molar-refractivity contribution in [1.29, 1.82) is 0 Å².